The number of nitrogens with one attached hydrogen (secondary N) is 1. The molecule has 0 aromatic rings. The summed E-state index contributed by atoms with van der Waals surface area (Å²) in [5.41, 5.74) is -0.148. The highest BCUT2D eigenvalue weighted by atomic mass is 32.2. The largest absolute Gasteiger partial charge is 0.322 e. The molecule has 15 heavy (non-hydrogen) atoms. The lowest BCUT2D eigenvalue weighted by Gasteiger charge is -2.29. The van der Waals surface area contributed by atoms with Crippen molar-refractivity contribution in [3.8, 4) is 0 Å². The third-order valence-corrected chi connectivity index (χ3v) is 4.24. The zero-order valence-corrected chi connectivity index (χ0v) is 10.6. The zero-order valence-electron chi connectivity index (χ0n) is 9.75. The Morgan fingerprint density at radius 2 is 2.33 bits per heavy atom. The van der Waals surface area contributed by atoms with Crippen LogP contribution in [-0.2, 0) is 4.79 Å². The molecule has 1 heterocycles. The maximum Gasteiger partial charge on any atom is 0.244 e. The molecule has 86 valence electrons. The van der Waals surface area contributed by atoms with E-state index in [-0.39, 0.29) is 11.7 Å². The van der Waals surface area contributed by atoms with Crippen LogP contribution in [0.15, 0.2) is 0 Å². The highest BCUT2D eigenvalue weighted by Crippen LogP contribution is 2.43. The fraction of sp³-hybridized carbons (Fsp3) is 0.909. The molecule has 2 fully saturated rings. The number of carbonyl (C=O) groups excluding carboxylic acids is 1. The summed E-state index contributed by atoms with van der Waals surface area (Å²) >= 11 is 1.82. The van der Waals surface area contributed by atoms with Gasteiger partial charge in [0.2, 0.25) is 5.91 Å². The smallest absolute Gasteiger partial charge is 0.244 e. The quantitative estimate of drug-likeness (QED) is 0.790. The first-order chi connectivity index (χ1) is 7.14. The SMILES string of the molecule is CCC(CSC)N1C(=O)C2(CC2)NC1C. The lowest BCUT2D eigenvalue weighted by molar-refractivity contribution is -0.132. The van der Waals surface area contributed by atoms with Gasteiger partial charge in [0.25, 0.3) is 0 Å². The van der Waals surface area contributed by atoms with Crippen LogP contribution in [0.25, 0.3) is 0 Å². The third-order valence-electron chi connectivity index (χ3n) is 3.52. The average molecular weight is 228 g/mol. The average Bonchev–Trinajstić information content (AvgIpc) is 2.92. The molecule has 1 aliphatic carbocycles. The molecule has 1 aliphatic heterocycles. The maximum atomic E-state index is 12.2. The maximum absolute atomic E-state index is 12.2. The van der Waals surface area contributed by atoms with Crippen LogP contribution < -0.4 is 5.32 Å². The second kappa shape index (κ2) is 3.98. The first kappa shape index (κ1) is 11.3. The van der Waals surface area contributed by atoms with Crippen molar-refractivity contribution < 1.29 is 4.79 Å². The van der Waals surface area contributed by atoms with Crippen LogP contribution in [0.3, 0.4) is 0 Å². The number of hydrogen-bond acceptors (Lipinski definition) is 3. The number of hydrogen-bond donors (Lipinski definition) is 1. The summed E-state index contributed by atoms with van der Waals surface area (Å²) in [4.78, 5) is 14.3. The van der Waals surface area contributed by atoms with E-state index >= 15 is 0 Å². The molecule has 2 aliphatic rings. The minimum atomic E-state index is -0.148. The van der Waals surface area contributed by atoms with Crippen molar-refractivity contribution in [3.05, 3.63) is 0 Å². The van der Waals surface area contributed by atoms with Crippen molar-refractivity contribution >= 4 is 17.7 Å². The van der Waals surface area contributed by atoms with E-state index in [9.17, 15) is 4.79 Å². The summed E-state index contributed by atoms with van der Waals surface area (Å²) in [6, 6.07) is 0.398. The Kier molecular flexibility index (Phi) is 2.99. The Balaban J connectivity index is 2.10. The minimum absolute atomic E-state index is 0.148. The number of rotatable bonds is 4. The molecule has 0 aromatic heterocycles. The van der Waals surface area contributed by atoms with Crippen LogP contribution in [0.2, 0.25) is 0 Å². The molecule has 0 aromatic carbocycles. The van der Waals surface area contributed by atoms with Gasteiger partial charge in [-0.2, -0.15) is 11.8 Å². The van der Waals surface area contributed by atoms with E-state index in [1.54, 1.807) is 0 Å². The second-order valence-electron chi connectivity index (χ2n) is 4.63. The molecule has 2 rings (SSSR count). The second-order valence-corrected chi connectivity index (χ2v) is 5.54. The van der Waals surface area contributed by atoms with Gasteiger partial charge >= 0.3 is 0 Å². The predicted octanol–water partition coefficient (Wildman–Crippen LogP) is 1.44. The van der Waals surface area contributed by atoms with Gasteiger partial charge in [0.1, 0.15) is 0 Å². The summed E-state index contributed by atoms with van der Waals surface area (Å²) in [6.45, 7) is 4.27. The monoisotopic (exact) mass is 228 g/mol. The number of nitrogens with zero attached hydrogens (tertiary/aromatic N) is 1. The van der Waals surface area contributed by atoms with Crippen LogP contribution in [0.5, 0.6) is 0 Å². The van der Waals surface area contributed by atoms with Crippen molar-refractivity contribution in [2.45, 2.75) is 50.9 Å². The van der Waals surface area contributed by atoms with Gasteiger partial charge < -0.3 is 4.90 Å². The summed E-state index contributed by atoms with van der Waals surface area (Å²) in [5.74, 6) is 1.39. The molecule has 1 saturated heterocycles. The van der Waals surface area contributed by atoms with Crippen LogP contribution in [0, 0.1) is 0 Å². The third kappa shape index (κ3) is 1.78. The molecule has 4 heteroatoms. The topological polar surface area (TPSA) is 32.3 Å². The summed E-state index contributed by atoms with van der Waals surface area (Å²) in [6.07, 6.45) is 5.44. The zero-order chi connectivity index (χ0) is 11.1. The lowest BCUT2D eigenvalue weighted by atomic mass is 10.2. The Morgan fingerprint density at radius 1 is 1.67 bits per heavy atom. The van der Waals surface area contributed by atoms with Gasteiger partial charge in [-0.3, -0.25) is 10.1 Å². The molecule has 1 spiro atoms. The van der Waals surface area contributed by atoms with Gasteiger partial charge in [0, 0.05) is 11.8 Å². The highest BCUT2D eigenvalue weighted by molar-refractivity contribution is 7.98. The minimum Gasteiger partial charge on any atom is -0.322 e. The van der Waals surface area contributed by atoms with Gasteiger partial charge in [-0.1, -0.05) is 6.92 Å². The molecule has 0 radical (unpaired) electrons. The first-order valence-corrected chi connectivity index (χ1v) is 7.13. The highest BCUT2D eigenvalue weighted by Gasteiger charge is 2.58. The van der Waals surface area contributed by atoms with E-state index in [0.29, 0.717) is 11.9 Å². The van der Waals surface area contributed by atoms with Crippen LogP contribution >= 0.6 is 11.8 Å². The number of thioether (sulfide) groups is 1. The van der Waals surface area contributed by atoms with Gasteiger partial charge in [0.05, 0.1) is 11.7 Å². The predicted molar refractivity (Wildman–Crippen MR) is 63.9 cm³/mol. The van der Waals surface area contributed by atoms with Crippen LogP contribution in [-0.4, -0.2) is 40.6 Å². The first-order valence-electron chi connectivity index (χ1n) is 5.74. The van der Waals surface area contributed by atoms with E-state index < -0.39 is 0 Å². The molecule has 1 N–H and O–H groups in total. The Labute approximate surface area is 96.0 Å². The van der Waals surface area contributed by atoms with Crippen molar-refractivity contribution in [1.29, 1.82) is 0 Å². The Morgan fingerprint density at radius 3 is 2.73 bits per heavy atom. The van der Waals surface area contributed by atoms with E-state index in [4.69, 9.17) is 0 Å². The van der Waals surface area contributed by atoms with Gasteiger partial charge in [-0.05, 0) is 32.4 Å². The molecule has 1 amide bonds. The van der Waals surface area contributed by atoms with Crippen molar-refractivity contribution in [1.82, 2.24) is 10.2 Å². The van der Waals surface area contributed by atoms with E-state index in [0.717, 1.165) is 25.0 Å². The van der Waals surface area contributed by atoms with Gasteiger partial charge in [0.15, 0.2) is 0 Å². The Hall–Kier alpha value is -0.220. The molecule has 2 unspecified atom stereocenters. The van der Waals surface area contributed by atoms with E-state index in [1.165, 1.54) is 0 Å². The summed E-state index contributed by atoms with van der Waals surface area (Å²) in [7, 11) is 0. The van der Waals surface area contributed by atoms with Crippen molar-refractivity contribution in [3.63, 3.8) is 0 Å². The molecule has 3 nitrogen and oxygen atoms in total. The Bertz CT molecular complexity index is 265. The van der Waals surface area contributed by atoms with Crippen molar-refractivity contribution in [2.24, 2.45) is 0 Å². The van der Waals surface area contributed by atoms with Crippen LogP contribution in [0.1, 0.15) is 33.1 Å². The molecular weight excluding hydrogens is 208 g/mol. The fourth-order valence-electron chi connectivity index (χ4n) is 2.51. The van der Waals surface area contributed by atoms with Gasteiger partial charge in [-0.25, -0.2) is 0 Å². The number of amides is 1. The molecule has 0 bridgehead atoms. The van der Waals surface area contributed by atoms with E-state index in [1.807, 2.05) is 11.8 Å². The fourth-order valence-corrected chi connectivity index (χ4v) is 3.29. The molecular formula is C11H20N2OS. The van der Waals surface area contributed by atoms with Gasteiger partial charge in [-0.15, -0.1) is 0 Å². The summed E-state index contributed by atoms with van der Waals surface area (Å²) < 4.78 is 0. The molecule has 2 atom stereocenters. The number of carbonyl (C=O) groups is 1. The molecule has 1 saturated carbocycles. The van der Waals surface area contributed by atoms with Crippen molar-refractivity contribution in [2.75, 3.05) is 12.0 Å². The standard InChI is InChI=1S/C11H20N2OS/c1-4-9(7-15-3)13-8(2)12-11(5-6-11)10(13)14/h8-9,12H,4-7H2,1-3H3. The summed E-state index contributed by atoms with van der Waals surface area (Å²) in [5, 5.41) is 3.44. The van der Waals surface area contributed by atoms with Crippen LogP contribution in [0.4, 0.5) is 0 Å². The lowest BCUT2D eigenvalue weighted by Crippen LogP contribution is -2.44. The van der Waals surface area contributed by atoms with E-state index in [2.05, 4.69) is 30.3 Å². The normalized spacial score (nSPS) is 29.9.